The molecule has 2 unspecified atom stereocenters. The zero-order valence-corrected chi connectivity index (χ0v) is 10.6. The van der Waals surface area contributed by atoms with Crippen LogP contribution in [0.3, 0.4) is 0 Å². The molecule has 0 aromatic carbocycles. The van der Waals surface area contributed by atoms with Crippen LogP contribution in [0.4, 0.5) is 0 Å². The largest absolute Gasteiger partial charge is 0.373 e. The van der Waals surface area contributed by atoms with Gasteiger partial charge < -0.3 is 15.4 Å². The van der Waals surface area contributed by atoms with E-state index in [9.17, 15) is 4.79 Å². The molecular weight excluding hydrogens is 218 g/mol. The molecule has 0 aromatic heterocycles. The molecule has 0 aromatic rings. The van der Waals surface area contributed by atoms with E-state index in [1.165, 1.54) is 19.4 Å². The highest BCUT2D eigenvalue weighted by molar-refractivity contribution is 5.76. The monoisotopic (exact) mass is 241 g/mol. The van der Waals surface area contributed by atoms with E-state index in [2.05, 4.69) is 15.5 Å². The lowest BCUT2D eigenvalue weighted by molar-refractivity contribution is -0.122. The van der Waals surface area contributed by atoms with E-state index in [1.807, 2.05) is 7.05 Å². The Labute approximate surface area is 103 Å². The topological polar surface area (TPSA) is 53.6 Å². The van der Waals surface area contributed by atoms with Gasteiger partial charge in [-0.2, -0.15) is 0 Å². The molecule has 98 valence electrons. The number of carbonyl (C=O) groups is 1. The molecule has 2 rings (SSSR count). The van der Waals surface area contributed by atoms with Crippen molar-refractivity contribution < 1.29 is 9.53 Å². The van der Waals surface area contributed by atoms with E-state index in [0.29, 0.717) is 19.0 Å². The summed E-state index contributed by atoms with van der Waals surface area (Å²) in [5.41, 5.74) is 0. The van der Waals surface area contributed by atoms with Gasteiger partial charge in [0, 0.05) is 32.1 Å². The lowest BCUT2D eigenvalue weighted by Gasteiger charge is -2.35. The number of amides is 1. The first-order chi connectivity index (χ1) is 8.29. The predicted molar refractivity (Wildman–Crippen MR) is 65.9 cm³/mol. The fraction of sp³-hybridized carbons (Fsp3) is 0.917. The minimum atomic E-state index is 0.103. The third kappa shape index (κ3) is 3.66. The van der Waals surface area contributed by atoms with Gasteiger partial charge in [0.2, 0.25) is 5.91 Å². The molecular formula is C12H23N3O2. The Kier molecular flexibility index (Phi) is 4.76. The standard InChI is InChI=1S/C12H23N3O2/c1-13-5-4-12(16)14-7-11-8-15-6-2-3-10(15)9-17-11/h10-11,13H,2-9H2,1H3,(H,14,16). The van der Waals surface area contributed by atoms with Crippen molar-refractivity contribution >= 4 is 5.91 Å². The minimum absolute atomic E-state index is 0.103. The number of nitrogens with zero attached hydrogens (tertiary/aromatic N) is 1. The SMILES string of the molecule is CNCCC(=O)NCC1CN2CCCC2CO1. The van der Waals surface area contributed by atoms with Crippen molar-refractivity contribution in [2.45, 2.75) is 31.4 Å². The Bertz CT molecular complexity index is 260. The molecule has 0 saturated carbocycles. The number of hydrogen-bond donors (Lipinski definition) is 2. The smallest absolute Gasteiger partial charge is 0.221 e. The van der Waals surface area contributed by atoms with Crippen LogP contribution in [0.1, 0.15) is 19.3 Å². The molecule has 5 nitrogen and oxygen atoms in total. The fourth-order valence-corrected chi connectivity index (χ4v) is 2.56. The molecule has 2 N–H and O–H groups in total. The molecule has 0 bridgehead atoms. The summed E-state index contributed by atoms with van der Waals surface area (Å²) in [6.07, 6.45) is 3.26. The number of rotatable bonds is 5. The summed E-state index contributed by atoms with van der Waals surface area (Å²) < 4.78 is 5.77. The van der Waals surface area contributed by atoms with Gasteiger partial charge in [0.1, 0.15) is 0 Å². The fourth-order valence-electron chi connectivity index (χ4n) is 2.56. The van der Waals surface area contributed by atoms with E-state index in [0.717, 1.165) is 19.7 Å². The molecule has 2 heterocycles. The minimum Gasteiger partial charge on any atom is -0.373 e. The Morgan fingerprint density at radius 2 is 2.41 bits per heavy atom. The number of hydrogen-bond acceptors (Lipinski definition) is 4. The molecule has 2 saturated heterocycles. The maximum Gasteiger partial charge on any atom is 0.221 e. The van der Waals surface area contributed by atoms with Gasteiger partial charge in [0.25, 0.3) is 0 Å². The van der Waals surface area contributed by atoms with Crippen LogP contribution < -0.4 is 10.6 Å². The van der Waals surface area contributed by atoms with Crippen LogP contribution in [-0.4, -0.2) is 62.8 Å². The van der Waals surface area contributed by atoms with Gasteiger partial charge in [-0.25, -0.2) is 0 Å². The van der Waals surface area contributed by atoms with E-state index in [1.54, 1.807) is 0 Å². The van der Waals surface area contributed by atoms with Crippen molar-refractivity contribution in [2.24, 2.45) is 0 Å². The lowest BCUT2D eigenvalue weighted by Crippen LogP contribution is -2.50. The predicted octanol–water partition coefficient (Wildman–Crippen LogP) is -0.425. The molecule has 0 spiro atoms. The van der Waals surface area contributed by atoms with Gasteiger partial charge in [0.05, 0.1) is 12.7 Å². The summed E-state index contributed by atoms with van der Waals surface area (Å²) in [4.78, 5) is 13.9. The van der Waals surface area contributed by atoms with Crippen molar-refractivity contribution in [3.05, 3.63) is 0 Å². The highest BCUT2D eigenvalue weighted by Gasteiger charge is 2.32. The summed E-state index contributed by atoms with van der Waals surface area (Å²) in [6, 6.07) is 0.631. The maximum absolute atomic E-state index is 11.5. The normalized spacial score (nSPS) is 29.0. The molecule has 0 radical (unpaired) electrons. The second-order valence-electron chi connectivity index (χ2n) is 4.90. The first-order valence-corrected chi connectivity index (χ1v) is 6.56. The summed E-state index contributed by atoms with van der Waals surface area (Å²) >= 11 is 0. The number of carbonyl (C=O) groups excluding carboxylic acids is 1. The molecule has 1 amide bonds. The van der Waals surface area contributed by atoms with Crippen LogP contribution in [0.25, 0.3) is 0 Å². The number of morpholine rings is 1. The zero-order valence-electron chi connectivity index (χ0n) is 10.6. The van der Waals surface area contributed by atoms with E-state index < -0.39 is 0 Å². The van der Waals surface area contributed by atoms with Crippen LogP contribution in [-0.2, 0) is 9.53 Å². The second-order valence-corrected chi connectivity index (χ2v) is 4.90. The Hall–Kier alpha value is -0.650. The Balaban J connectivity index is 1.64. The third-order valence-electron chi connectivity index (χ3n) is 3.59. The highest BCUT2D eigenvalue weighted by atomic mass is 16.5. The first kappa shape index (κ1) is 12.8. The molecule has 2 atom stereocenters. The van der Waals surface area contributed by atoms with Crippen LogP contribution in [0, 0.1) is 0 Å². The van der Waals surface area contributed by atoms with Crippen molar-refractivity contribution in [1.29, 1.82) is 0 Å². The number of fused-ring (bicyclic) bond motifs is 1. The molecule has 5 heteroatoms. The van der Waals surface area contributed by atoms with E-state index >= 15 is 0 Å². The quantitative estimate of drug-likeness (QED) is 0.686. The summed E-state index contributed by atoms with van der Waals surface area (Å²) in [7, 11) is 1.85. The van der Waals surface area contributed by atoms with Gasteiger partial charge in [-0.05, 0) is 26.4 Å². The number of ether oxygens (including phenoxy) is 1. The van der Waals surface area contributed by atoms with E-state index in [-0.39, 0.29) is 12.0 Å². The van der Waals surface area contributed by atoms with Crippen molar-refractivity contribution in [2.75, 3.05) is 39.8 Å². The molecule has 2 fully saturated rings. The first-order valence-electron chi connectivity index (χ1n) is 6.56. The average Bonchev–Trinajstić information content (AvgIpc) is 2.81. The van der Waals surface area contributed by atoms with Crippen molar-refractivity contribution in [3.63, 3.8) is 0 Å². The lowest BCUT2D eigenvalue weighted by atomic mass is 10.2. The summed E-state index contributed by atoms with van der Waals surface area (Å²) in [6.45, 7) is 4.36. The van der Waals surface area contributed by atoms with Crippen molar-refractivity contribution in [3.8, 4) is 0 Å². The Morgan fingerprint density at radius 3 is 3.24 bits per heavy atom. The summed E-state index contributed by atoms with van der Waals surface area (Å²) in [5.74, 6) is 0.103. The van der Waals surface area contributed by atoms with Gasteiger partial charge >= 0.3 is 0 Å². The molecule has 17 heavy (non-hydrogen) atoms. The maximum atomic E-state index is 11.5. The van der Waals surface area contributed by atoms with Gasteiger partial charge in [-0.15, -0.1) is 0 Å². The molecule has 2 aliphatic rings. The van der Waals surface area contributed by atoms with Gasteiger partial charge in [-0.3, -0.25) is 9.69 Å². The van der Waals surface area contributed by atoms with Crippen LogP contribution in [0.15, 0.2) is 0 Å². The van der Waals surface area contributed by atoms with Crippen LogP contribution >= 0.6 is 0 Å². The van der Waals surface area contributed by atoms with Crippen LogP contribution in [0.5, 0.6) is 0 Å². The molecule has 2 aliphatic heterocycles. The number of nitrogens with one attached hydrogen (secondary N) is 2. The van der Waals surface area contributed by atoms with Crippen molar-refractivity contribution in [1.82, 2.24) is 15.5 Å². The second kappa shape index (κ2) is 6.33. The average molecular weight is 241 g/mol. The van der Waals surface area contributed by atoms with Crippen LogP contribution in [0.2, 0.25) is 0 Å². The Morgan fingerprint density at radius 1 is 1.53 bits per heavy atom. The molecule has 0 aliphatic carbocycles. The van der Waals surface area contributed by atoms with Gasteiger partial charge in [0.15, 0.2) is 0 Å². The van der Waals surface area contributed by atoms with E-state index in [4.69, 9.17) is 4.74 Å². The zero-order chi connectivity index (χ0) is 12.1. The third-order valence-corrected chi connectivity index (χ3v) is 3.59. The highest BCUT2D eigenvalue weighted by Crippen LogP contribution is 2.22. The summed E-state index contributed by atoms with van der Waals surface area (Å²) in [5, 5.41) is 5.90. The van der Waals surface area contributed by atoms with Gasteiger partial charge in [-0.1, -0.05) is 0 Å².